The molecule has 38 heavy (non-hydrogen) atoms. The summed E-state index contributed by atoms with van der Waals surface area (Å²) in [6.07, 6.45) is -3.90. The Hall–Kier alpha value is -0.810. The number of nitrogens with one attached hydrogen (secondary N) is 2. The van der Waals surface area contributed by atoms with E-state index in [9.17, 15) is 29.6 Å². The number of phosphoric acid groups is 1. The molecular formula is C22H41N2O12PS. The maximum Gasteiger partial charge on any atom is 0.472 e. The molecule has 10 atom stereocenters. The summed E-state index contributed by atoms with van der Waals surface area (Å²) in [4.78, 5) is 21.9. The zero-order valence-corrected chi connectivity index (χ0v) is 23.8. The van der Waals surface area contributed by atoms with E-state index in [4.69, 9.17) is 35.7 Å². The Morgan fingerprint density at radius 1 is 1.13 bits per heavy atom. The summed E-state index contributed by atoms with van der Waals surface area (Å²) in [5.74, 6) is -0.652. The lowest BCUT2D eigenvalue weighted by atomic mass is 9.97. The highest BCUT2D eigenvalue weighted by atomic mass is 32.1. The molecule has 2 unspecified atom stereocenters. The summed E-state index contributed by atoms with van der Waals surface area (Å²) in [5.41, 5.74) is 0. The van der Waals surface area contributed by atoms with E-state index in [2.05, 4.69) is 15.2 Å². The van der Waals surface area contributed by atoms with Crippen LogP contribution in [0.1, 0.15) is 32.6 Å². The fourth-order valence-electron chi connectivity index (χ4n) is 4.73. The van der Waals surface area contributed by atoms with Crippen LogP contribution in [-0.4, -0.2) is 121 Å². The third kappa shape index (κ3) is 9.39. The van der Waals surface area contributed by atoms with Crippen molar-refractivity contribution in [1.29, 1.82) is 0 Å². The minimum atomic E-state index is -4.24. The van der Waals surface area contributed by atoms with Crippen molar-refractivity contribution in [1.82, 2.24) is 10.6 Å². The maximum atomic E-state index is 12.0. The van der Waals surface area contributed by atoms with Crippen LogP contribution >= 0.6 is 20.0 Å². The average Bonchev–Trinajstić information content (AvgIpc) is 3.17. The topological polar surface area (TPSA) is 194 Å². The first-order valence-electron chi connectivity index (χ1n) is 12.4. The van der Waals surface area contributed by atoms with Gasteiger partial charge in [-0.2, -0.15) is 0 Å². The molecular weight excluding hydrogens is 547 g/mol. The van der Waals surface area contributed by atoms with Gasteiger partial charge >= 0.3 is 7.82 Å². The van der Waals surface area contributed by atoms with Crippen LogP contribution in [0.4, 0.5) is 0 Å². The van der Waals surface area contributed by atoms with Gasteiger partial charge in [-0.15, -0.1) is 0 Å². The van der Waals surface area contributed by atoms with Crippen LogP contribution < -0.4 is 10.6 Å². The highest BCUT2D eigenvalue weighted by Crippen LogP contribution is 2.48. The van der Waals surface area contributed by atoms with E-state index in [1.165, 1.54) is 21.1 Å². The second kappa shape index (κ2) is 15.8. The van der Waals surface area contributed by atoms with Crippen molar-refractivity contribution in [2.45, 2.75) is 81.5 Å². The van der Waals surface area contributed by atoms with Gasteiger partial charge < -0.3 is 49.8 Å². The van der Waals surface area contributed by atoms with Crippen LogP contribution in [0.25, 0.3) is 0 Å². The van der Waals surface area contributed by atoms with Crippen LogP contribution in [-0.2, 0) is 37.4 Å². The first kappa shape index (κ1) is 33.4. The predicted molar refractivity (Wildman–Crippen MR) is 137 cm³/mol. The van der Waals surface area contributed by atoms with Crippen molar-refractivity contribution in [3.05, 3.63) is 0 Å². The number of carbonyl (C=O) groups is 1. The number of phosphoric ester groups is 1. The highest BCUT2D eigenvalue weighted by Gasteiger charge is 2.48. The van der Waals surface area contributed by atoms with Crippen molar-refractivity contribution in [2.24, 2.45) is 5.92 Å². The van der Waals surface area contributed by atoms with E-state index in [-0.39, 0.29) is 18.6 Å². The van der Waals surface area contributed by atoms with Gasteiger partial charge in [-0.3, -0.25) is 13.8 Å². The quantitative estimate of drug-likeness (QED) is 0.0792. The molecule has 2 fully saturated rings. The number of aliphatic hydroxyl groups excluding tert-OH is 3. The van der Waals surface area contributed by atoms with Crippen LogP contribution in [0, 0.1) is 5.92 Å². The number of rotatable bonds is 15. The zero-order chi connectivity index (χ0) is 28.5. The van der Waals surface area contributed by atoms with Gasteiger partial charge in [0.25, 0.3) is 0 Å². The number of carbonyl (C=O) groups excluding carboxylic acids is 1. The predicted octanol–water partition coefficient (Wildman–Crippen LogP) is -0.784. The van der Waals surface area contributed by atoms with E-state index in [1.807, 2.05) is 0 Å². The van der Waals surface area contributed by atoms with Crippen LogP contribution in [0.3, 0.4) is 0 Å². The molecule has 0 bridgehead atoms. The van der Waals surface area contributed by atoms with Crippen molar-refractivity contribution in [3.63, 3.8) is 0 Å². The molecule has 1 amide bonds. The highest BCUT2D eigenvalue weighted by molar-refractivity contribution is 7.80. The van der Waals surface area contributed by atoms with E-state index in [1.54, 1.807) is 0 Å². The largest absolute Gasteiger partial charge is 0.472 e. The molecule has 2 aliphatic rings. The number of amides is 1. The first-order chi connectivity index (χ1) is 18.0. The second-order valence-electron chi connectivity index (χ2n) is 9.31. The molecule has 1 heterocycles. The summed E-state index contributed by atoms with van der Waals surface area (Å²) in [6, 6.07) is -1.27. The number of methoxy groups -OCH3 is 2. The van der Waals surface area contributed by atoms with Crippen molar-refractivity contribution >= 4 is 30.9 Å². The maximum absolute atomic E-state index is 12.0. The average molecular weight is 589 g/mol. The smallest absolute Gasteiger partial charge is 0.394 e. The molecule has 0 aromatic rings. The Morgan fingerprint density at radius 3 is 2.42 bits per heavy atom. The molecule has 0 spiro atoms. The Labute approximate surface area is 227 Å². The summed E-state index contributed by atoms with van der Waals surface area (Å²) in [5, 5.41) is 35.6. The normalized spacial score (nSPS) is 35.0. The number of hydrogen-bond donors (Lipinski definition) is 6. The number of hydrogen-bond acceptors (Lipinski definition) is 12. The third-order valence-electron chi connectivity index (χ3n) is 6.56. The minimum Gasteiger partial charge on any atom is -0.394 e. The number of aliphatic hydroxyl groups is 3. The molecule has 2 rings (SSSR count). The van der Waals surface area contributed by atoms with Crippen LogP contribution in [0.15, 0.2) is 0 Å². The Bertz CT molecular complexity index is 810. The lowest BCUT2D eigenvalue weighted by Crippen LogP contribution is -2.64. The zero-order valence-electron chi connectivity index (χ0n) is 22.1. The summed E-state index contributed by atoms with van der Waals surface area (Å²) in [6.45, 7) is 1.25. The molecule has 0 aromatic carbocycles. The molecule has 1 saturated heterocycles. The van der Waals surface area contributed by atoms with E-state index in [0.717, 1.165) is 7.11 Å². The van der Waals surface area contributed by atoms with E-state index < -0.39 is 63.2 Å². The second-order valence-corrected chi connectivity index (χ2v) is 11.3. The van der Waals surface area contributed by atoms with Crippen molar-refractivity contribution < 1.29 is 57.6 Å². The SMILES string of the molecule is COC[C@H]1C[C@@H](NC(=S)CCCCO[C@@H]2O[C@H](CO)[C@H](O)[C@H](O)[C@H]2NC(C)=O)[C@@H](OC)C1OP(=O)(O)OC. The first-order valence-corrected chi connectivity index (χ1v) is 14.3. The molecule has 222 valence electrons. The summed E-state index contributed by atoms with van der Waals surface area (Å²) < 4.78 is 44.0. The van der Waals surface area contributed by atoms with Crippen molar-refractivity contribution in [2.75, 3.05) is 41.2 Å². The Balaban J connectivity index is 1.85. The van der Waals surface area contributed by atoms with Crippen LogP contribution in [0.2, 0.25) is 0 Å². The van der Waals surface area contributed by atoms with Crippen LogP contribution in [0.5, 0.6) is 0 Å². The number of unbranched alkanes of at least 4 members (excludes halogenated alkanes) is 1. The molecule has 16 heteroatoms. The Kier molecular flexibility index (Phi) is 13.9. The van der Waals surface area contributed by atoms with Gasteiger partial charge in [-0.25, -0.2) is 4.57 Å². The molecule has 1 aliphatic heterocycles. The van der Waals surface area contributed by atoms with Gasteiger partial charge in [-0.05, 0) is 25.7 Å². The van der Waals surface area contributed by atoms with Gasteiger partial charge in [0.2, 0.25) is 5.91 Å². The van der Waals surface area contributed by atoms with Gasteiger partial charge in [0.1, 0.15) is 36.6 Å². The molecule has 1 aliphatic carbocycles. The Morgan fingerprint density at radius 2 is 1.84 bits per heavy atom. The monoisotopic (exact) mass is 588 g/mol. The summed E-state index contributed by atoms with van der Waals surface area (Å²) >= 11 is 5.50. The molecule has 0 aromatic heterocycles. The number of ether oxygens (including phenoxy) is 4. The molecule has 0 radical (unpaired) electrons. The van der Waals surface area contributed by atoms with E-state index >= 15 is 0 Å². The van der Waals surface area contributed by atoms with Gasteiger partial charge in [-0.1, -0.05) is 12.2 Å². The fraction of sp³-hybridized carbons (Fsp3) is 0.909. The van der Waals surface area contributed by atoms with Gasteiger partial charge in [0.05, 0.1) is 24.2 Å². The lowest BCUT2D eigenvalue weighted by Gasteiger charge is -2.42. The lowest BCUT2D eigenvalue weighted by molar-refractivity contribution is -0.270. The minimum absolute atomic E-state index is 0.211. The molecule has 14 nitrogen and oxygen atoms in total. The van der Waals surface area contributed by atoms with Gasteiger partial charge in [0.15, 0.2) is 6.29 Å². The molecule has 6 N–H and O–H groups in total. The third-order valence-corrected chi connectivity index (χ3v) is 7.85. The fourth-order valence-corrected chi connectivity index (χ4v) is 5.71. The van der Waals surface area contributed by atoms with Gasteiger partial charge in [0, 0.05) is 40.8 Å². The molecule has 1 saturated carbocycles. The number of thiocarbonyl (C=S) groups is 1. The van der Waals surface area contributed by atoms with E-state index in [0.29, 0.717) is 37.3 Å². The van der Waals surface area contributed by atoms with Crippen molar-refractivity contribution in [3.8, 4) is 0 Å². The summed E-state index contributed by atoms with van der Waals surface area (Å²) in [7, 11) is -0.136. The standard InChI is InChI=1S/C22H41N2O12PS/c1-12(26)23-17-19(28)18(27)15(10-25)35-22(17)34-8-6-5-7-16(38)24-14-9-13(11-31-2)20(21(14)32-3)36-37(29,30)33-4/h13-15,17-22,25,27-28H,5-11H2,1-4H3,(H,23,26)(H,24,38)(H,29,30)/t13-,14-,15-,17-,18+,19-,20?,21-,22-/m1/s1.